The number of phenolic OH excluding ortho intramolecular Hbond substituents is 1. The number of fused-ring (bicyclic) bond motifs is 3. The minimum absolute atomic E-state index is 0.0155. The maximum absolute atomic E-state index is 12.3. The van der Waals surface area contributed by atoms with Crippen molar-refractivity contribution in [2.75, 3.05) is 7.11 Å². The third-order valence-electron chi connectivity index (χ3n) is 4.89. The number of rotatable bonds is 6. The van der Waals surface area contributed by atoms with Gasteiger partial charge in [0.1, 0.15) is 0 Å². The molecule has 0 atom stereocenters. The number of nitrogens with zero attached hydrogens (tertiary/aromatic N) is 2. The lowest BCUT2D eigenvalue weighted by molar-refractivity contribution is -0.121. The number of nitrogens with one attached hydrogen (secondary N) is 1. The SMILES string of the molecule is COc1cccc(/C=N/NC(=O)CCn2c3ccccc3c3ccccc32)c1O. The number of ether oxygens (including phenoxy) is 1. The van der Waals surface area contributed by atoms with E-state index >= 15 is 0 Å². The largest absolute Gasteiger partial charge is 0.504 e. The summed E-state index contributed by atoms with van der Waals surface area (Å²) in [5.41, 5.74) is 5.19. The van der Waals surface area contributed by atoms with Gasteiger partial charge in [0.05, 0.1) is 13.3 Å². The van der Waals surface area contributed by atoms with E-state index in [-0.39, 0.29) is 18.1 Å². The van der Waals surface area contributed by atoms with E-state index in [1.165, 1.54) is 24.1 Å². The number of aromatic hydroxyl groups is 1. The number of amides is 1. The molecule has 1 aromatic heterocycles. The van der Waals surface area contributed by atoms with Crippen LogP contribution in [0.2, 0.25) is 0 Å². The van der Waals surface area contributed by atoms with Gasteiger partial charge >= 0.3 is 0 Å². The van der Waals surface area contributed by atoms with E-state index in [0.717, 1.165) is 11.0 Å². The summed E-state index contributed by atoms with van der Waals surface area (Å²) in [7, 11) is 1.48. The molecule has 0 bridgehead atoms. The molecule has 0 saturated carbocycles. The molecule has 0 saturated heterocycles. The van der Waals surface area contributed by atoms with E-state index in [9.17, 15) is 9.90 Å². The van der Waals surface area contributed by atoms with Crippen molar-refractivity contribution in [1.82, 2.24) is 9.99 Å². The van der Waals surface area contributed by atoms with Crippen molar-refractivity contribution in [3.05, 3.63) is 72.3 Å². The van der Waals surface area contributed by atoms with Crippen molar-refractivity contribution in [2.24, 2.45) is 5.10 Å². The summed E-state index contributed by atoms with van der Waals surface area (Å²) in [5.74, 6) is 0.135. The Balaban J connectivity index is 1.46. The maximum atomic E-state index is 12.3. The molecule has 6 nitrogen and oxygen atoms in total. The van der Waals surface area contributed by atoms with Gasteiger partial charge in [-0.15, -0.1) is 0 Å². The summed E-state index contributed by atoms with van der Waals surface area (Å²) >= 11 is 0. The first kappa shape index (κ1) is 18.6. The Bertz CT molecular complexity index is 1160. The molecule has 4 aromatic rings. The average molecular weight is 387 g/mol. The van der Waals surface area contributed by atoms with Crippen molar-refractivity contribution in [3.63, 3.8) is 0 Å². The van der Waals surface area contributed by atoms with Gasteiger partial charge < -0.3 is 14.4 Å². The number of hydrazone groups is 1. The first-order valence-electron chi connectivity index (χ1n) is 9.33. The number of hydrogen-bond donors (Lipinski definition) is 2. The molecule has 0 aliphatic heterocycles. The van der Waals surface area contributed by atoms with Gasteiger partial charge in [0, 0.05) is 40.3 Å². The van der Waals surface area contributed by atoms with Crippen LogP contribution in [0.25, 0.3) is 21.8 Å². The molecule has 0 unspecified atom stereocenters. The molecule has 0 fully saturated rings. The summed E-state index contributed by atoms with van der Waals surface area (Å²) in [5, 5.41) is 16.4. The highest BCUT2D eigenvalue weighted by Gasteiger charge is 2.11. The summed E-state index contributed by atoms with van der Waals surface area (Å²) in [6.07, 6.45) is 1.68. The molecule has 2 N–H and O–H groups in total. The topological polar surface area (TPSA) is 75.8 Å². The van der Waals surface area contributed by atoms with Gasteiger partial charge in [-0.25, -0.2) is 5.43 Å². The molecule has 0 radical (unpaired) electrons. The minimum Gasteiger partial charge on any atom is -0.504 e. The molecular formula is C23H21N3O3. The van der Waals surface area contributed by atoms with Gasteiger partial charge in [0.25, 0.3) is 0 Å². The number of carbonyl (C=O) groups is 1. The number of hydrogen-bond acceptors (Lipinski definition) is 4. The van der Waals surface area contributed by atoms with Gasteiger partial charge in [0.15, 0.2) is 11.5 Å². The van der Waals surface area contributed by atoms with Crippen LogP contribution < -0.4 is 10.2 Å². The second-order valence-corrected chi connectivity index (χ2v) is 6.63. The highest BCUT2D eigenvalue weighted by Crippen LogP contribution is 2.29. The minimum atomic E-state index is -0.203. The van der Waals surface area contributed by atoms with Crippen LogP contribution in [0.5, 0.6) is 11.5 Å². The van der Waals surface area contributed by atoms with Crippen molar-refractivity contribution in [1.29, 1.82) is 0 Å². The zero-order valence-corrected chi connectivity index (χ0v) is 16.0. The van der Waals surface area contributed by atoms with Crippen LogP contribution in [0.4, 0.5) is 0 Å². The Hall–Kier alpha value is -3.80. The van der Waals surface area contributed by atoms with E-state index in [4.69, 9.17) is 4.74 Å². The van der Waals surface area contributed by atoms with Crippen LogP contribution >= 0.6 is 0 Å². The van der Waals surface area contributed by atoms with Crippen molar-refractivity contribution < 1.29 is 14.6 Å². The quantitative estimate of drug-likeness (QED) is 0.387. The average Bonchev–Trinajstić information content (AvgIpc) is 3.07. The predicted molar refractivity (Wildman–Crippen MR) is 114 cm³/mol. The summed E-state index contributed by atoms with van der Waals surface area (Å²) in [6.45, 7) is 0.541. The van der Waals surface area contributed by atoms with Gasteiger partial charge in [-0.1, -0.05) is 42.5 Å². The Morgan fingerprint density at radius 1 is 1.03 bits per heavy atom. The molecule has 0 aliphatic carbocycles. The van der Waals surface area contributed by atoms with Gasteiger partial charge in [0.2, 0.25) is 5.91 Å². The Morgan fingerprint density at radius 3 is 2.34 bits per heavy atom. The van der Waals surface area contributed by atoms with Crippen LogP contribution in [-0.2, 0) is 11.3 Å². The molecule has 0 spiro atoms. The lowest BCUT2D eigenvalue weighted by atomic mass is 10.2. The summed E-state index contributed by atoms with van der Waals surface area (Å²) in [6, 6.07) is 21.5. The zero-order chi connectivity index (χ0) is 20.2. The maximum Gasteiger partial charge on any atom is 0.241 e. The van der Waals surface area contributed by atoms with Crippen LogP contribution in [0.15, 0.2) is 71.8 Å². The Labute approximate surface area is 168 Å². The third-order valence-corrected chi connectivity index (χ3v) is 4.89. The molecule has 29 heavy (non-hydrogen) atoms. The number of para-hydroxylation sites is 3. The molecule has 1 heterocycles. The lowest BCUT2D eigenvalue weighted by Crippen LogP contribution is -2.19. The number of methoxy groups -OCH3 is 1. The van der Waals surface area contributed by atoms with E-state index < -0.39 is 0 Å². The highest BCUT2D eigenvalue weighted by atomic mass is 16.5. The van der Waals surface area contributed by atoms with Crippen LogP contribution in [0.3, 0.4) is 0 Å². The molecule has 146 valence electrons. The molecule has 6 heteroatoms. The third kappa shape index (κ3) is 3.65. The predicted octanol–water partition coefficient (Wildman–Crippen LogP) is 4.05. The molecule has 4 rings (SSSR count). The van der Waals surface area contributed by atoms with Crippen molar-refractivity contribution >= 4 is 33.9 Å². The summed E-state index contributed by atoms with van der Waals surface area (Å²) in [4.78, 5) is 12.3. The Morgan fingerprint density at radius 2 is 1.69 bits per heavy atom. The van der Waals surface area contributed by atoms with Gasteiger partial charge in [-0.2, -0.15) is 5.10 Å². The second-order valence-electron chi connectivity index (χ2n) is 6.63. The van der Waals surface area contributed by atoms with E-state index in [2.05, 4.69) is 39.4 Å². The standard InChI is InChI=1S/C23H21N3O3/c1-29-21-12-6-7-16(23(21)28)15-24-25-22(27)13-14-26-19-10-4-2-8-17(19)18-9-3-5-11-20(18)26/h2-12,15,28H,13-14H2,1H3,(H,25,27)/b24-15+. The molecular weight excluding hydrogens is 366 g/mol. The Kier molecular flexibility index (Phi) is 5.16. The smallest absolute Gasteiger partial charge is 0.241 e. The summed E-state index contributed by atoms with van der Waals surface area (Å²) < 4.78 is 7.22. The molecule has 3 aromatic carbocycles. The van der Waals surface area contributed by atoms with Gasteiger partial charge in [-0.05, 0) is 24.3 Å². The van der Waals surface area contributed by atoms with Crippen molar-refractivity contribution in [2.45, 2.75) is 13.0 Å². The fourth-order valence-corrected chi connectivity index (χ4v) is 3.50. The van der Waals surface area contributed by atoms with Crippen LogP contribution in [-0.4, -0.2) is 28.9 Å². The fourth-order valence-electron chi connectivity index (χ4n) is 3.50. The van der Waals surface area contributed by atoms with Crippen molar-refractivity contribution in [3.8, 4) is 11.5 Å². The fraction of sp³-hybridized carbons (Fsp3) is 0.130. The van der Waals surface area contributed by atoms with Gasteiger partial charge in [-0.3, -0.25) is 4.79 Å². The number of aryl methyl sites for hydroxylation is 1. The van der Waals surface area contributed by atoms with E-state index in [0.29, 0.717) is 17.9 Å². The molecule has 0 aliphatic rings. The second kappa shape index (κ2) is 8.06. The monoisotopic (exact) mass is 387 g/mol. The first-order chi connectivity index (χ1) is 14.2. The van der Waals surface area contributed by atoms with E-state index in [1.54, 1.807) is 18.2 Å². The number of carbonyl (C=O) groups excluding carboxylic acids is 1. The number of benzene rings is 3. The normalized spacial score (nSPS) is 11.3. The molecule has 1 amide bonds. The van der Waals surface area contributed by atoms with E-state index in [1.807, 2.05) is 24.3 Å². The zero-order valence-electron chi connectivity index (χ0n) is 16.0. The number of phenols is 1. The lowest BCUT2D eigenvalue weighted by Gasteiger charge is -2.07. The van der Waals surface area contributed by atoms with Crippen LogP contribution in [0.1, 0.15) is 12.0 Å². The number of aromatic nitrogens is 1. The first-order valence-corrected chi connectivity index (χ1v) is 9.33. The highest BCUT2D eigenvalue weighted by molar-refractivity contribution is 6.08. The van der Waals surface area contributed by atoms with Crippen LogP contribution in [0, 0.1) is 0 Å².